The van der Waals surface area contributed by atoms with Crippen molar-refractivity contribution in [2.75, 3.05) is 0 Å². The summed E-state index contributed by atoms with van der Waals surface area (Å²) in [6, 6.07) is 11.4. The Kier molecular flexibility index (Phi) is 3.75. The van der Waals surface area contributed by atoms with Gasteiger partial charge in [-0.25, -0.2) is 0 Å². The molecule has 0 aliphatic heterocycles. The van der Waals surface area contributed by atoms with Crippen LogP contribution in [0.1, 0.15) is 11.3 Å². The standard InChI is InChI=1S/C16H17N3O2/c17-14(16(20)19-10-12-4-3-7-21-12)8-11-9-18-15-6-2-1-5-13(11)15/h1-7,9,14,18H,8,10,17H2,(H,19,20)/p+1/t14-/m0/s1. The monoisotopic (exact) mass is 284 g/mol. The minimum atomic E-state index is -0.334. The molecule has 0 saturated carbocycles. The summed E-state index contributed by atoms with van der Waals surface area (Å²) >= 11 is 0. The van der Waals surface area contributed by atoms with E-state index >= 15 is 0 Å². The van der Waals surface area contributed by atoms with Crippen LogP contribution < -0.4 is 11.1 Å². The van der Waals surface area contributed by atoms with Crippen LogP contribution in [0.4, 0.5) is 0 Å². The molecule has 2 aromatic heterocycles. The lowest BCUT2D eigenvalue weighted by Gasteiger charge is -2.08. The quantitative estimate of drug-likeness (QED) is 0.658. The summed E-state index contributed by atoms with van der Waals surface area (Å²) in [7, 11) is 0. The SMILES string of the molecule is [NH3+][C@@H](Cc1c[nH]c2ccccc12)C(=O)NCc1ccco1. The fraction of sp³-hybridized carbons (Fsp3) is 0.188. The highest BCUT2D eigenvalue weighted by Crippen LogP contribution is 2.18. The Morgan fingerprint density at radius 1 is 1.29 bits per heavy atom. The van der Waals surface area contributed by atoms with Crippen LogP contribution in [0.2, 0.25) is 0 Å². The van der Waals surface area contributed by atoms with Crippen molar-refractivity contribution in [2.24, 2.45) is 0 Å². The van der Waals surface area contributed by atoms with Gasteiger partial charge in [-0.2, -0.15) is 0 Å². The number of carbonyl (C=O) groups excluding carboxylic acids is 1. The molecule has 1 amide bonds. The molecule has 0 saturated heterocycles. The number of hydrogen-bond donors (Lipinski definition) is 3. The van der Waals surface area contributed by atoms with E-state index < -0.39 is 0 Å². The van der Waals surface area contributed by atoms with E-state index in [9.17, 15) is 4.79 Å². The maximum Gasteiger partial charge on any atom is 0.278 e. The molecule has 5 heteroatoms. The second-order valence-electron chi connectivity index (χ2n) is 5.06. The molecular formula is C16H18N3O2+. The number of hydrogen-bond acceptors (Lipinski definition) is 2. The fourth-order valence-electron chi connectivity index (χ4n) is 2.39. The van der Waals surface area contributed by atoms with Gasteiger partial charge in [0.15, 0.2) is 6.04 Å². The molecule has 2 heterocycles. The molecule has 3 aromatic rings. The first-order valence-corrected chi connectivity index (χ1v) is 6.92. The van der Waals surface area contributed by atoms with E-state index in [1.807, 2.05) is 30.5 Å². The Morgan fingerprint density at radius 3 is 2.95 bits per heavy atom. The molecular weight excluding hydrogens is 266 g/mol. The van der Waals surface area contributed by atoms with Gasteiger partial charge in [0.1, 0.15) is 5.76 Å². The lowest BCUT2D eigenvalue weighted by Crippen LogP contribution is -2.68. The molecule has 5 nitrogen and oxygen atoms in total. The van der Waals surface area contributed by atoms with E-state index in [2.05, 4.69) is 22.1 Å². The molecule has 0 fully saturated rings. The highest BCUT2D eigenvalue weighted by Gasteiger charge is 2.19. The second kappa shape index (κ2) is 5.85. The minimum Gasteiger partial charge on any atom is -0.467 e. The van der Waals surface area contributed by atoms with Gasteiger partial charge < -0.3 is 20.5 Å². The van der Waals surface area contributed by atoms with Gasteiger partial charge >= 0.3 is 0 Å². The van der Waals surface area contributed by atoms with Crippen LogP contribution in [-0.4, -0.2) is 16.9 Å². The number of para-hydroxylation sites is 1. The van der Waals surface area contributed by atoms with Crippen LogP contribution in [0.5, 0.6) is 0 Å². The van der Waals surface area contributed by atoms with E-state index in [1.54, 1.807) is 12.3 Å². The molecule has 0 spiro atoms. The molecule has 0 unspecified atom stereocenters. The summed E-state index contributed by atoms with van der Waals surface area (Å²) in [4.78, 5) is 15.3. The van der Waals surface area contributed by atoms with Crippen molar-refractivity contribution in [3.05, 3.63) is 60.2 Å². The first-order chi connectivity index (χ1) is 10.2. The number of aromatic nitrogens is 1. The van der Waals surface area contributed by atoms with Gasteiger partial charge in [0.05, 0.1) is 12.8 Å². The Morgan fingerprint density at radius 2 is 2.14 bits per heavy atom. The van der Waals surface area contributed by atoms with Crippen LogP contribution in [0.25, 0.3) is 10.9 Å². The van der Waals surface area contributed by atoms with Gasteiger partial charge in [0.2, 0.25) is 0 Å². The Balaban J connectivity index is 1.62. The topological polar surface area (TPSA) is 85.7 Å². The van der Waals surface area contributed by atoms with Gasteiger partial charge in [-0.3, -0.25) is 4.79 Å². The van der Waals surface area contributed by atoms with E-state index in [0.29, 0.717) is 13.0 Å². The van der Waals surface area contributed by atoms with Crippen molar-refractivity contribution in [1.29, 1.82) is 0 Å². The summed E-state index contributed by atoms with van der Waals surface area (Å²) in [6.07, 6.45) is 4.14. The molecule has 1 atom stereocenters. The lowest BCUT2D eigenvalue weighted by atomic mass is 10.1. The number of benzene rings is 1. The van der Waals surface area contributed by atoms with Gasteiger partial charge in [0.25, 0.3) is 5.91 Å². The van der Waals surface area contributed by atoms with Crippen molar-refractivity contribution in [1.82, 2.24) is 10.3 Å². The summed E-state index contributed by atoms with van der Waals surface area (Å²) in [6.45, 7) is 0.395. The summed E-state index contributed by atoms with van der Waals surface area (Å²) in [5, 5.41) is 3.98. The van der Waals surface area contributed by atoms with Crippen molar-refractivity contribution >= 4 is 16.8 Å². The van der Waals surface area contributed by atoms with Gasteiger partial charge in [-0.05, 0) is 23.8 Å². The molecule has 1 aromatic carbocycles. The average Bonchev–Trinajstić information content (AvgIpc) is 3.15. The Bertz CT molecular complexity index is 731. The third-order valence-electron chi connectivity index (χ3n) is 3.53. The maximum atomic E-state index is 12.1. The van der Waals surface area contributed by atoms with Crippen LogP contribution >= 0.6 is 0 Å². The van der Waals surface area contributed by atoms with Crippen molar-refractivity contribution in [3.63, 3.8) is 0 Å². The summed E-state index contributed by atoms with van der Waals surface area (Å²) in [5.41, 5.74) is 6.15. The van der Waals surface area contributed by atoms with E-state index in [4.69, 9.17) is 4.42 Å². The summed E-state index contributed by atoms with van der Waals surface area (Å²) in [5.74, 6) is 0.666. The first kappa shape index (κ1) is 13.5. The molecule has 0 bridgehead atoms. The number of nitrogens with one attached hydrogen (secondary N) is 2. The molecule has 0 aliphatic rings. The number of H-pyrrole nitrogens is 1. The molecule has 3 rings (SSSR count). The van der Waals surface area contributed by atoms with E-state index in [1.165, 1.54) is 0 Å². The largest absolute Gasteiger partial charge is 0.467 e. The van der Waals surface area contributed by atoms with Crippen LogP contribution in [0.15, 0.2) is 53.3 Å². The number of fused-ring (bicyclic) bond motifs is 1. The van der Waals surface area contributed by atoms with Crippen LogP contribution in [0, 0.1) is 0 Å². The third-order valence-corrected chi connectivity index (χ3v) is 3.53. The summed E-state index contributed by atoms with van der Waals surface area (Å²) < 4.78 is 5.19. The molecule has 0 aliphatic carbocycles. The predicted octanol–water partition coefficient (Wildman–Crippen LogP) is 1.23. The highest BCUT2D eigenvalue weighted by atomic mass is 16.3. The van der Waals surface area contributed by atoms with Gasteiger partial charge in [-0.15, -0.1) is 0 Å². The van der Waals surface area contributed by atoms with E-state index in [-0.39, 0.29) is 11.9 Å². The van der Waals surface area contributed by atoms with Crippen molar-refractivity contribution in [3.8, 4) is 0 Å². The predicted molar refractivity (Wildman–Crippen MR) is 79.2 cm³/mol. The maximum absolute atomic E-state index is 12.1. The number of carbonyl (C=O) groups is 1. The van der Waals surface area contributed by atoms with Gasteiger partial charge in [-0.1, -0.05) is 18.2 Å². The second-order valence-corrected chi connectivity index (χ2v) is 5.06. The third kappa shape index (κ3) is 2.98. The first-order valence-electron chi connectivity index (χ1n) is 6.92. The molecule has 5 N–H and O–H groups in total. The molecule has 21 heavy (non-hydrogen) atoms. The zero-order chi connectivity index (χ0) is 14.7. The molecule has 0 radical (unpaired) electrons. The van der Waals surface area contributed by atoms with Gasteiger partial charge in [0, 0.05) is 23.5 Å². The Hall–Kier alpha value is -2.53. The van der Waals surface area contributed by atoms with E-state index in [0.717, 1.165) is 22.2 Å². The Labute approximate surface area is 122 Å². The normalized spacial score (nSPS) is 12.4. The molecule has 108 valence electrons. The van der Waals surface area contributed by atoms with Crippen molar-refractivity contribution in [2.45, 2.75) is 19.0 Å². The number of furan rings is 1. The highest BCUT2D eigenvalue weighted by molar-refractivity contribution is 5.85. The van der Waals surface area contributed by atoms with Crippen molar-refractivity contribution < 1.29 is 14.9 Å². The number of aromatic amines is 1. The lowest BCUT2D eigenvalue weighted by molar-refractivity contribution is -0.403. The smallest absolute Gasteiger partial charge is 0.278 e. The van der Waals surface area contributed by atoms with Crippen LogP contribution in [-0.2, 0) is 17.8 Å². The zero-order valence-electron chi connectivity index (χ0n) is 11.6. The zero-order valence-corrected chi connectivity index (χ0v) is 11.6. The number of amides is 1. The minimum absolute atomic E-state index is 0.0725. The number of quaternary nitrogens is 1. The fourth-order valence-corrected chi connectivity index (χ4v) is 2.39. The van der Waals surface area contributed by atoms with Crippen LogP contribution in [0.3, 0.4) is 0 Å². The number of rotatable bonds is 5. The average molecular weight is 284 g/mol.